The van der Waals surface area contributed by atoms with E-state index in [2.05, 4.69) is 9.72 Å². The molecule has 0 bridgehead atoms. The van der Waals surface area contributed by atoms with Gasteiger partial charge in [0.2, 0.25) is 5.92 Å². The van der Waals surface area contributed by atoms with Gasteiger partial charge in [-0.3, -0.25) is 4.98 Å². The highest BCUT2D eigenvalue weighted by Gasteiger charge is 2.35. The lowest BCUT2D eigenvalue weighted by molar-refractivity contribution is -0.0472. The van der Waals surface area contributed by atoms with Crippen LogP contribution in [0.2, 0.25) is 0 Å². The van der Waals surface area contributed by atoms with E-state index in [0.29, 0.717) is 25.1 Å². The van der Waals surface area contributed by atoms with Gasteiger partial charge >= 0.3 is 5.97 Å². The number of carboxylic acids is 1. The lowest BCUT2D eigenvalue weighted by Crippen LogP contribution is -2.26. The number of aryl methyl sites for hydroxylation is 2. The summed E-state index contributed by atoms with van der Waals surface area (Å²) in [5, 5.41) is 13.3. The van der Waals surface area contributed by atoms with Gasteiger partial charge in [0.25, 0.3) is 0 Å². The van der Waals surface area contributed by atoms with Gasteiger partial charge in [-0.25, -0.2) is 13.6 Å². The van der Waals surface area contributed by atoms with Gasteiger partial charge in [-0.1, -0.05) is 17.3 Å². The number of benzene rings is 1. The van der Waals surface area contributed by atoms with Crippen LogP contribution in [0.15, 0.2) is 47.2 Å². The molecule has 34 heavy (non-hydrogen) atoms. The molecule has 0 spiro atoms. The third-order valence-electron chi connectivity index (χ3n) is 6.77. The average molecular weight is 466 g/mol. The molecule has 0 amide bonds. The van der Waals surface area contributed by atoms with Crippen LogP contribution in [0, 0.1) is 19.8 Å². The number of nitrogens with zero attached hydrogens (tertiary/aromatic N) is 3. The van der Waals surface area contributed by atoms with E-state index in [4.69, 9.17) is 9.51 Å². The van der Waals surface area contributed by atoms with Crippen molar-refractivity contribution in [3.05, 3.63) is 59.7 Å². The summed E-state index contributed by atoms with van der Waals surface area (Å²) in [7, 11) is 0. The summed E-state index contributed by atoms with van der Waals surface area (Å²) in [5.74, 6) is -2.69. The van der Waals surface area contributed by atoms with Gasteiger partial charge < -0.3 is 14.2 Å². The Labute approximate surface area is 195 Å². The molecule has 1 fully saturated rings. The Hall–Kier alpha value is -3.55. The lowest BCUT2D eigenvalue weighted by Gasteiger charge is -2.28. The van der Waals surface area contributed by atoms with Crippen LogP contribution in [0.3, 0.4) is 0 Å². The topological polar surface area (TPSA) is 81.2 Å². The molecule has 1 aliphatic rings. The highest BCUT2D eigenvalue weighted by atomic mass is 19.3. The number of hydrogen-bond donors (Lipinski definition) is 1. The van der Waals surface area contributed by atoms with Crippen LogP contribution in [-0.4, -0.2) is 31.7 Å². The van der Waals surface area contributed by atoms with Crippen molar-refractivity contribution in [3.8, 4) is 22.3 Å². The summed E-state index contributed by atoms with van der Waals surface area (Å²) < 4.78 is 34.8. The van der Waals surface area contributed by atoms with Gasteiger partial charge in [0.1, 0.15) is 5.76 Å². The first-order valence-corrected chi connectivity index (χ1v) is 11.4. The molecular formula is C26H25F2N3O3. The highest BCUT2D eigenvalue weighted by molar-refractivity contribution is 5.96. The zero-order valence-corrected chi connectivity index (χ0v) is 19.0. The molecule has 3 heterocycles. The number of rotatable bonds is 5. The fourth-order valence-electron chi connectivity index (χ4n) is 4.91. The smallest absolute Gasteiger partial charge is 0.335 e. The molecule has 3 aromatic heterocycles. The zero-order chi connectivity index (χ0) is 24.0. The molecule has 1 aromatic carbocycles. The van der Waals surface area contributed by atoms with Crippen molar-refractivity contribution in [2.24, 2.45) is 5.92 Å². The number of fused-ring (bicyclic) bond motifs is 1. The van der Waals surface area contributed by atoms with Gasteiger partial charge in [0.05, 0.1) is 22.3 Å². The molecule has 6 nitrogen and oxygen atoms in total. The average Bonchev–Trinajstić information content (AvgIpc) is 3.34. The van der Waals surface area contributed by atoms with Crippen molar-refractivity contribution in [3.63, 3.8) is 0 Å². The first-order chi connectivity index (χ1) is 16.2. The molecule has 0 atom stereocenters. The van der Waals surface area contributed by atoms with E-state index in [1.54, 1.807) is 30.5 Å². The van der Waals surface area contributed by atoms with E-state index in [0.717, 1.165) is 39.0 Å². The molecular weight excluding hydrogens is 440 g/mol. The third-order valence-corrected chi connectivity index (χ3v) is 6.77. The zero-order valence-electron chi connectivity index (χ0n) is 19.0. The predicted molar refractivity (Wildman–Crippen MR) is 124 cm³/mol. The Kier molecular flexibility index (Phi) is 5.46. The number of alkyl halides is 2. The molecule has 0 unspecified atom stereocenters. The van der Waals surface area contributed by atoms with Crippen molar-refractivity contribution >= 4 is 17.0 Å². The second-order valence-corrected chi connectivity index (χ2v) is 9.17. The van der Waals surface area contributed by atoms with Crippen LogP contribution >= 0.6 is 0 Å². The van der Waals surface area contributed by atoms with E-state index in [9.17, 15) is 18.7 Å². The minimum Gasteiger partial charge on any atom is -0.478 e. The van der Waals surface area contributed by atoms with Crippen LogP contribution in [0.25, 0.3) is 33.3 Å². The fraction of sp³-hybridized carbons (Fsp3) is 0.346. The maximum absolute atomic E-state index is 13.7. The minimum absolute atomic E-state index is 0.0804. The van der Waals surface area contributed by atoms with E-state index in [1.165, 1.54) is 0 Å². The summed E-state index contributed by atoms with van der Waals surface area (Å²) >= 11 is 0. The molecule has 176 valence electrons. The van der Waals surface area contributed by atoms with Crippen molar-refractivity contribution < 1.29 is 23.2 Å². The lowest BCUT2D eigenvalue weighted by atomic mass is 9.87. The molecule has 1 saturated carbocycles. The number of aromatic carboxylic acids is 1. The molecule has 1 N–H and O–H groups in total. The summed E-state index contributed by atoms with van der Waals surface area (Å²) in [6.07, 6.45) is 4.58. The van der Waals surface area contributed by atoms with Crippen molar-refractivity contribution in [2.45, 2.75) is 52.0 Å². The van der Waals surface area contributed by atoms with Crippen LogP contribution < -0.4 is 0 Å². The Bertz CT molecular complexity index is 1340. The monoisotopic (exact) mass is 465 g/mol. The predicted octanol–water partition coefficient (Wildman–Crippen LogP) is 6.50. The van der Waals surface area contributed by atoms with E-state index in [-0.39, 0.29) is 24.3 Å². The molecule has 4 aromatic rings. The molecule has 0 saturated heterocycles. The van der Waals surface area contributed by atoms with E-state index < -0.39 is 11.9 Å². The van der Waals surface area contributed by atoms with Crippen molar-refractivity contribution in [2.75, 3.05) is 0 Å². The standard InChI is InChI=1S/C26H25F2N3O3/c1-15-23(16(2)34-30-15)20-11-22-24(29-12-20)21(18-3-5-19(6-4-18)25(32)33)14-31(22)13-17-7-9-26(27,28)10-8-17/h3-6,11-12,14,17H,7-10,13H2,1-2H3,(H,32,33). The highest BCUT2D eigenvalue weighted by Crippen LogP contribution is 2.39. The van der Waals surface area contributed by atoms with Gasteiger partial charge in [0.15, 0.2) is 0 Å². The summed E-state index contributed by atoms with van der Waals surface area (Å²) in [6, 6.07) is 8.73. The van der Waals surface area contributed by atoms with Crippen molar-refractivity contribution in [1.29, 1.82) is 0 Å². The number of hydrogen-bond acceptors (Lipinski definition) is 4. The molecule has 5 rings (SSSR count). The normalized spacial score (nSPS) is 16.2. The van der Waals surface area contributed by atoms with Gasteiger partial charge in [0, 0.05) is 48.5 Å². The van der Waals surface area contributed by atoms with E-state index >= 15 is 0 Å². The first kappa shape index (κ1) is 22.3. The SMILES string of the molecule is Cc1noc(C)c1-c1cnc2c(-c3ccc(C(=O)O)cc3)cn(CC3CCC(F)(F)CC3)c2c1. The Morgan fingerprint density at radius 2 is 1.88 bits per heavy atom. The Morgan fingerprint density at radius 1 is 1.18 bits per heavy atom. The molecule has 0 aliphatic heterocycles. The fourth-order valence-corrected chi connectivity index (χ4v) is 4.91. The van der Waals surface area contributed by atoms with Crippen LogP contribution in [0.5, 0.6) is 0 Å². The molecule has 1 aliphatic carbocycles. The quantitative estimate of drug-likeness (QED) is 0.364. The number of carboxylic acid groups (broad SMARTS) is 1. The van der Waals surface area contributed by atoms with Crippen LogP contribution in [-0.2, 0) is 6.54 Å². The van der Waals surface area contributed by atoms with Crippen LogP contribution in [0.1, 0.15) is 47.5 Å². The second-order valence-electron chi connectivity index (χ2n) is 9.17. The first-order valence-electron chi connectivity index (χ1n) is 11.4. The number of carbonyl (C=O) groups is 1. The largest absolute Gasteiger partial charge is 0.478 e. The number of halogens is 2. The third kappa shape index (κ3) is 4.08. The van der Waals surface area contributed by atoms with Gasteiger partial charge in [-0.05, 0) is 56.4 Å². The summed E-state index contributed by atoms with van der Waals surface area (Å²) in [6.45, 7) is 4.36. The summed E-state index contributed by atoms with van der Waals surface area (Å²) in [4.78, 5) is 16.0. The van der Waals surface area contributed by atoms with E-state index in [1.807, 2.05) is 26.1 Å². The van der Waals surface area contributed by atoms with Gasteiger partial charge in [-0.2, -0.15) is 0 Å². The second kappa shape index (κ2) is 8.34. The summed E-state index contributed by atoms with van der Waals surface area (Å²) in [5.41, 5.74) is 6.16. The Balaban J connectivity index is 1.59. The number of aromatic nitrogens is 3. The molecule has 0 radical (unpaired) electrons. The van der Waals surface area contributed by atoms with Gasteiger partial charge in [-0.15, -0.1) is 0 Å². The maximum Gasteiger partial charge on any atom is 0.335 e. The molecule has 8 heteroatoms. The minimum atomic E-state index is -2.57. The van der Waals surface area contributed by atoms with Crippen LogP contribution in [0.4, 0.5) is 8.78 Å². The Morgan fingerprint density at radius 3 is 2.50 bits per heavy atom. The van der Waals surface area contributed by atoms with Crippen molar-refractivity contribution in [1.82, 2.24) is 14.7 Å². The maximum atomic E-state index is 13.7. The number of pyridine rings is 1.